The number of ketones is 1. The fraction of sp³-hybridized carbons (Fsp3) is 0.280. The Labute approximate surface area is 170 Å². The molecule has 0 N–H and O–H groups in total. The van der Waals surface area contributed by atoms with E-state index in [1.165, 1.54) is 18.2 Å². The number of rotatable bonds is 1. The predicted molar refractivity (Wildman–Crippen MR) is 111 cm³/mol. The molecule has 29 heavy (non-hydrogen) atoms. The SMILES string of the molecule is COC(=O)/C1=C/N(C)CC2=C(c3ccccc3C2)C2(C1)Cc1ccccc1C2=O. The minimum atomic E-state index is -0.757. The van der Waals surface area contributed by atoms with Gasteiger partial charge in [-0.3, -0.25) is 4.79 Å². The van der Waals surface area contributed by atoms with Gasteiger partial charge in [-0.1, -0.05) is 48.5 Å². The van der Waals surface area contributed by atoms with Gasteiger partial charge in [-0.25, -0.2) is 4.79 Å². The summed E-state index contributed by atoms with van der Waals surface area (Å²) >= 11 is 0. The number of allylic oxidation sites excluding steroid dienone is 1. The van der Waals surface area contributed by atoms with E-state index in [1.807, 2.05) is 48.5 Å². The first kappa shape index (κ1) is 17.9. The Bertz CT molecular complexity index is 1110. The Hall–Kier alpha value is -3.14. The first-order chi connectivity index (χ1) is 14.0. The number of ether oxygens (including phenoxy) is 1. The first-order valence-corrected chi connectivity index (χ1v) is 9.96. The van der Waals surface area contributed by atoms with Crippen molar-refractivity contribution in [3.05, 3.63) is 88.1 Å². The quantitative estimate of drug-likeness (QED) is 0.701. The second-order valence-electron chi connectivity index (χ2n) is 8.30. The summed E-state index contributed by atoms with van der Waals surface area (Å²) in [4.78, 5) is 28.5. The number of carbonyl (C=O) groups is 2. The van der Waals surface area contributed by atoms with E-state index < -0.39 is 5.41 Å². The van der Waals surface area contributed by atoms with Crippen LogP contribution >= 0.6 is 0 Å². The van der Waals surface area contributed by atoms with E-state index in [4.69, 9.17) is 4.74 Å². The predicted octanol–water partition coefficient (Wildman–Crippen LogP) is 3.81. The van der Waals surface area contributed by atoms with Gasteiger partial charge in [-0.05, 0) is 47.1 Å². The molecule has 2 aliphatic carbocycles. The van der Waals surface area contributed by atoms with Gasteiger partial charge in [0.15, 0.2) is 5.78 Å². The number of esters is 1. The van der Waals surface area contributed by atoms with Crippen molar-refractivity contribution in [1.82, 2.24) is 4.90 Å². The number of Topliss-reactive ketones (excluding diaryl/α,β-unsaturated/α-hetero) is 1. The topological polar surface area (TPSA) is 46.6 Å². The highest BCUT2D eigenvalue weighted by Crippen LogP contribution is 2.55. The molecule has 0 radical (unpaired) electrons. The fourth-order valence-corrected chi connectivity index (χ4v) is 5.39. The molecule has 2 aromatic rings. The van der Waals surface area contributed by atoms with Crippen molar-refractivity contribution in [3.8, 4) is 0 Å². The Kier molecular flexibility index (Phi) is 3.98. The summed E-state index contributed by atoms with van der Waals surface area (Å²) in [6.07, 6.45) is 3.68. The van der Waals surface area contributed by atoms with Crippen LogP contribution in [0.1, 0.15) is 33.5 Å². The Balaban J connectivity index is 1.75. The molecule has 0 saturated heterocycles. The molecule has 1 heterocycles. The van der Waals surface area contributed by atoms with Crippen LogP contribution in [0.4, 0.5) is 0 Å². The van der Waals surface area contributed by atoms with Crippen molar-refractivity contribution in [2.24, 2.45) is 5.41 Å². The van der Waals surface area contributed by atoms with E-state index in [2.05, 4.69) is 18.2 Å². The van der Waals surface area contributed by atoms with Crippen LogP contribution in [0.3, 0.4) is 0 Å². The zero-order valence-electron chi connectivity index (χ0n) is 16.7. The molecule has 1 unspecified atom stereocenters. The van der Waals surface area contributed by atoms with E-state index in [-0.39, 0.29) is 11.8 Å². The molecule has 1 aliphatic heterocycles. The van der Waals surface area contributed by atoms with E-state index in [0.717, 1.165) is 28.7 Å². The molecule has 0 fully saturated rings. The summed E-state index contributed by atoms with van der Waals surface area (Å²) in [5, 5.41) is 0. The maximum Gasteiger partial charge on any atom is 0.335 e. The van der Waals surface area contributed by atoms with Crippen molar-refractivity contribution in [1.29, 1.82) is 0 Å². The molecule has 146 valence electrons. The molecule has 4 heteroatoms. The van der Waals surface area contributed by atoms with E-state index in [1.54, 1.807) is 0 Å². The van der Waals surface area contributed by atoms with Crippen molar-refractivity contribution in [2.45, 2.75) is 19.3 Å². The van der Waals surface area contributed by atoms with Gasteiger partial charge in [0.05, 0.1) is 18.1 Å². The van der Waals surface area contributed by atoms with Crippen LogP contribution in [0.5, 0.6) is 0 Å². The van der Waals surface area contributed by atoms with Gasteiger partial charge < -0.3 is 9.64 Å². The highest BCUT2D eigenvalue weighted by Gasteiger charge is 2.52. The minimum Gasteiger partial charge on any atom is -0.466 e. The van der Waals surface area contributed by atoms with Crippen molar-refractivity contribution >= 4 is 17.3 Å². The number of hydrogen-bond donors (Lipinski definition) is 0. The second-order valence-corrected chi connectivity index (χ2v) is 8.30. The Morgan fingerprint density at radius 1 is 1.00 bits per heavy atom. The molecule has 0 aromatic heterocycles. The molecular formula is C25H23NO3. The van der Waals surface area contributed by atoms with Crippen molar-refractivity contribution < 1.29 is 14.3 Å². The molecule has 4 nitrogen and oxygen atoms in total. The number of fused-ring (bicyclic) bond motifs is 4. The second kappa shape index (κ2) is 6.45. The highest BCUT2D eigenvalue weighted by atomic mass is 16.5. The average molecular weight is 385 g/mol. The van der Waals surface area contributed by atoms with Gasteiger partial charge in [-0.2, -0.15) is 0 Å². The third kappa shape index (κ3) is 2.59. The van der Waals surface area contributed by atoms with Gasteiger partial charge in [0, 0.05) is 25.4 Å². The Morgan fingerprint density at radius 2 is 1.69 bits per heavy atom. The number of benzene rings is 2. The number of carbonyl (C=O) groups excluding carboxylic acids is 2. The molecule has 2 aromatic carbocycles. The number of methoxy groups -OCH3 is 1. The molecule has 0 amide bonds. The van der Waals surface area contributed by atoms with Crippen LogP contribution in [0, 0.1) is 5.41 Å². The van der Waals surface area contributed by atoms with Crippen LogP contribution in [0.2, 0.25) is 0 Å². The zero-order valence-corrected chi connectivity index (χ0v) is 16.7. The summed E-state index contributed by atoms with van der Waals surface area (Å²) < 4.78 is 5.07. The third-order valence-corrected chi connectivity index (χ3v) is 6.47. The molecular weight excluding hydrogens is 362 g/mol. The van der Waals surface area contributed by atoms with Gasteiger partial charge >= 0.3 is 5.97 Å². The standard InChI is InChI=1S/C25H23NO3/c1-26-14-18-11-16-7-3-5-9-20(16)22(18)25(13-19(15-26)24(28)29-2)12-17-8-4-6-10-21(17)23(25)27/h3-10,15H,11-14H2,1-2H3/b19-15+. The number of hydrogen-bond acceptors (Lipinski definition) is 4. The molecule has 0 bridgehead atoms. The first-order valence-electron chi connectivity index (χ1n) is 9.96. The van der Waals surface area contributed by atoms with Crippen LogP contribution in [-0.4, -0.2) is 37.4 Å². The monoisotopic (exact) mass is 385 g/mol. The van der Waals surface area contributed by atoms with Crippen molar-refractivity contribution in [2.75, 3.05) is 20.7 Å². The summed E-state index contributed by atoms with van der Waals surface area (Å²) in [6.45, 7) is 0.690. The lowest BCUT2D eigenvalue weighted by Gasteiger charge is -2.35. The van der Waals surface area contributed by atoms with Gasteiger partial charge in [0.2, 0.25) is 0 Å². The number of nitrogens with zero attached hydrogens (tertiary/aromatic N) is 1. The van der Waals surface area contributed by atoms with E-state index in [9.17, 15) is 9.59 Å². The lowest BCUT2D eigenvalue weighted by molar-refractivity contribution is -0.136. The molecule has 3 aliphatic rings. The summed E-state index contributed by atoms with van der Waals surface area (Å²) in [5.41, 5.74) is 6.44. The zero-order chi connectivity index (χ0) is 20.2. The van der Waals surface area contributed by atoms with Gasteiger partial charge in [0.25, 0.3) is 0 Å². The maximum absolute atomic E-state index is 13.9. The van der Waals surface area contributed by atoms with Gasteiger partial charge in [0.1, 0.15) is 0 Å². The summed E-state index contributed by atoms with van der Waals surface area (Å²) in [6, 6.07) is 16.2. The van der Waals surface area contributed by atoms with Crippen LogP contribution < -0.4 is 0 Å². The smallest absolute Gasteiger partial charge is 0.335 e. The Morgan fingerprint density at radius 3 is 2.41 bits per heavy atom. The molecule has 1 atom stereocenters. The average Bonchev–Trinajstić information content (AvgIpc) is 3.21. The maximum atomic E-state index is 13.9. The molecule has 0 saturated carbocycles. The van der Waals surface area contributed by atoms with E-state index >= 15 is 0 Å². The lowest BCUT2D eigenvalue weighted by atomic mass is 9.68. The summed E-state index contributed by atoms with van der Waals surface area (Å²) in [5.74, 6) is -0.244. The largest absolute Gasteiger partial charge is 0.466 e. The minimum absolute atomic E-state index is 0.122. The normalized spacial score (nSPS) is 24.4. The molecule has 5 rings (SSSR count). The van der Waals surface area contributed by atoms with Crippen molar-refractivity contribution in [3.63, 3.8) is 0 Å². The number of likely N-dealkylation sites (N-methyl/N-ethyl adjacent to an activating group) is 1. The van der Waals surface area contributed by atoms with Gasteiger partial charge in [-0.15, -0.1) is 0 Å². The highest BCUT2D eigenvalue weighted by molar-refractivity contribution is 6.14. The van der Waals surface area contributed by atoms with E-state index in [0.29, 0.717) is 25.0 Å². The summed E-state index contributed by atoms with van der Waals surface area (Å²) in [7, 11) is 3.37. The fourth-order valence-electron chi connectivity index (χ4n) is 5.39. The third-order valence-electron chi connectivity index (χ3n) is 6.47. The molecule has 1 spiro atoms. The van der Waals surface area contributed by atoms with Crippen LogP contribution in [0.25, 0.3) is 5.57 Å². The van der Waals surface area contributed by atoms with Crippen LogP contribution in [-0.2, 0) is 22.4 Å². The lowest BCUT2D eigenvalue weighted by Crippen LogP contribution is -2.35. The van der Waals surface area contributed by atoms with Crippen LogP contribution in [0.15, 0.2) is 65.9 Å².